The maximum Gasteiger partial charge on any atom is 0.0397 e. The third-order valence-corrected chi connectivity index (χ3v) is 13.4. The highest BCUT2D eigenvalue weighted by Crippen LogP contribution is 2.69. The van der Waals surface area contributed by atoms with E-state index in [0.717, 1.165) is 53.0 Å². The van der Waals surface area contributed by atoms with Gasteiger partial charge in [0.15, 0.2) is 0 Å². The van der Waals surface area contributed by atoms with Crippen LogP contribution in [0.1, 0.15) is 86.5 Å². The van der Waals surface area contributed by atoms with Gasteiger partial charge < -0.3 is 5.73 Å². The summed E-state index contributed by atoms with van der Waals surface area (Å²) in [4.78, 5) is 0. The first-order valence-corrected chi connectivity index (χ1v) is 16.2. The average molecular weight is 514 g/mol. The van der Waals surface area contributed by atoms with Gasteiger partial charge in [0.1, 0.15) is 0 Å². The van der Waals surface area contributed by atoms with E-state index in [1.165, 1.54) is 75.3 Å². The van der Waals surface area contributed by atoms with Crippen molar-refractivity contribution >= 4 is 5.69 Å². The van der Waals surface area contributed by atoms with E-state index in [0.29, 0.717) is 0 Å². The lowest BCUT2D eigenvalue weighted by molar-refractivity contribution is -0.0441. The first-order valence-electron chi connectivity index (χ1n) is 16.2. The lowest BCUT2D eigenvalue weighted by Gasteiger charge is -2.63. The Bertz CT molecular complexity index is 1230. The van der Waals surface area contributed by atoms with Gasteiger partial charge >= 0.3 is 0 Å². The fourth-order valence-corrected chi connectivity index (χ4v) is 12.7. The molecule has 39 heavy (non-hydrogen) atoms. The van der Waals surface area contributed by atoms with Crippen molar-refractivity contribution in [2.24, 2.45) is 47.3 Å². The van der Waals surface area contributed by atoms with Crippen LogP contribution in [0.25, 0.3) is 0 Å². The quantitative estimate of drug-likeness (QED) is 0.347. The van der Waals surface area contributed by atoms with Gasteiger partial charge in [0.2, 0.25) is 0 Å². The molecule has 8 fully saturated rings. The number of nitrogen functional groups attached to an aromatic ring is 1. The number of benzene rings is 3. The number of hydrogen-bond acceptors (Lipinski definition) is 1. The highest BCUT2D eigenvalue weighted by Gasteiger charge is 2.62. The lowest BCUT2D eigenvalue weighted by atomic mass is 9.40. The Morgan fingerprint density at radius 1 is 0.410 bits per heavy atom. The minimum absolute atomic E-state index is 0.0680. The zero-order chi connectivity index (χ0) is 25.8. The summed E-state index contributed by atoms with van der Waals surface area (Å²) in [7, 11) is 0. The Morgan fingerprint density at radius 2 is 0.744 bits per heavy atom. The molecule has 0 atom stereocenters. The molecule has 8 saturated carbocycles. The Hall–Kier alpha value is -2.54. The van der Waals surface area contributed by atoms with Gasteiger partial charge in [0.25, 0.3) is 0 Å². The Balaban J connectivity index is 1.29. The minimum Gasteiger partial charge on any atom is -0.398 e. The van der Waals surface area contributed by atoms with Crippen molar-refractivity contribution in [3.63, 3.8) is 0 Å². The van der Waals surface area contributed by atoms with Gasteiger partial charge in [-0.05, 0) is 134 Å². The lowest BCUT2D eigenvalue weighted by Crippen LogP contribution is -2.57. The predicted molar refractivity (Wildman–Crippen MR) is 159 cm³/mol. The maximum absolute atomic E-state index is 7.69. The van der Waals surface area contributed by atoms with E-state index >= 15 is 0 Å². The third kappa shape index (κ3) is 2.98. The summed E-state index contributed by atoms with van der Waals surface area (Å²) in [5, 5.41) is 0. The van der Waals surface area contributed by atoms with E-state index in [1.807, 2.05) is 0 Å². The van der Waals surface area contributed by atoms with Crippen LogP contribution in [-0.2, 0) is 10.8 Å². The number of anilines is 1. The van der Waals surface area contributed by atoms with Gasteiger partial charge in [-0.1, -0.05) is 78.9 Å². The second kappa shape index (κ2) is 8.25. The molecule has 8 bridgehead atoms. The molecule has 1 nitrogen and oxygen atoms in total. The molecule has 2 N–H and O–H groups in total. The standard InChI is InChI=1S/C38H43N/c39-36-34(37(28-8-3-1-4-9-28)30-16-24-14-25(18-30)19-31(37)17-24)12-7-13-35(36)38(29-10-5-2-6-11-29)32-20-26-15-27(22-32)23-33(38)21-26/h1-13,24-27,30-33H,14-23,39H2. The number of para-hydroxylation sites is 1. The molecule has 0 radical (unpaired) electrons. The van der Waals surface area contributed by atoms with Crippen LogP contribution in [0, 0.1) is 47.3 Å². The monoisotopic (exact) mass is 513 g/mol. The molecule has 3 aromatic rings. The smallest absolute Gasteiger partial charge is 0.0397 e. The van der Waals surface area contributed by atoms with Crippen molar-refractivity contribution in [2.75, 3.05) is 5.73 Å². The van der Waals surface area contributed by atoms with Crippen molar-refractivity contribution in [3.05, 3.63) is 101 Å². The highest BCUT2D eigenvalue weighted by atomic mass is 14.7. The summed E-state index contributed by atoms with van der Waals surface area (Å²) in [6.45, 7) is 0. The zero-order valence-electron chi connectivity index (χ0n) is 23.3. The second-order valence-electron chi connectivity index (χ2n) is 14.8. The Kier molecular flexibility index (Phi) is 4.90. The molecular weight excluding hydrogens is 470 g/mol. The number of nitrogens with two attached hydrogens (primary N) is 1. The summed E-state index contributed by atoms with van der Waals surface area (Å²) >= 11 is 0. The molecule has 0 spiro atoms. The molecule has 0 amide bonds. The first kappa shape index (κ1) is 23.2. The summed E-state index contributed by atoms with van der Waals surface area (Å²) < 4.78 is 0. The summed E-state index contributed by atoms with van der Waals surface area (Å²) in [5.41, 5.74) is 15.0. The van der Waals surface area contributed by atoms with E-state index < -0.39 is 0 Å². The van der Waals surface area contributed by atoms with E-state index in [-0.39, 0.29) is 10.8 Å². The van der Waals surface area contributed by atoms with Gasteiger partial charge in [0, 0.05) is 16.5 Å². The van der Waals surface area contributed by atoms with E-state index in [2.05, 4.69) is 78.9 Å². The van der Waals surface area contributed by atoms with E-state index in [1.54, 1.807) is 11.1 Å². The molecule has 0 heterocycles. The van der Waals surface area contributed by atoms with Crippen LogP contribution in [0.2, 0.25) is 0 Å². The average Bonchev–Trinajstić information content (AvgIpc) is 2.95. The molecule has 0 aromatic heterocycles. The van der Waals surface area contributed by atoms with Crippen LogP contribution in [0.3, 0.4) is 0 Å². The van der Waals surface area contributed by atoms with Crippen molar-refractivity contribution in [2.45, 2.75) is 75.0 Å². The summed E-state index contributed by atoms with van der Waals surface area (Å²) in [6, 6.07) is 30.7. The molecule has 200 valence electrons. The normalized spacial score (nSPS) is 43.2. The van der Waals surface area contributed by atoms with Crippen molar-refractivity contribution < 1.29 is 0 Å². The molecule has 11 rings (SSSR count). The third-order valence-electron chi connectivity index (χ3n) is 13.4. The molecule has 3 aromatic carbocycles. The van der Waals surface area contributed by atoms with Crippen LogP contribution < -0.4 is 5.73 Å². The first-order chi connectivity index (χ1) is 19.2. The van der Waals surface area contributed by atoms with Crippen LogP contribution in [0.5, 0.6) is 0 Å². The van der Waals surface area contributed by atoms with Gasteiger partial charge in [-0.25, -0.2) is 0 Å². The SMILES string of the molecule is Nc1c(C2(c3ccccc3)C3CC4CC(C3)CC2C4)cccc1C1(c2ccccc2)C2CC3CC(C2)CC1C3. The van der Waals surface area contributed by atoms with Crippen molar-refractivity contribution in [1.29, 1.82) is 0 Å². The minimum atomic E-state index is 0.0680. The van der Waals surface area contributed by atoms with Crippen LogP contribution >= 0.6 is 0 Å². The van der Waals surface area contributed by atoms with Gasteiger partial charge in [-0.2, -0.15) is 0 Å². The fraction of sp³-hybridized carbons (Fsp3) is 0.526. The second-order valence-corrected chi connectivity index (χ2v) is 14.8. The highest BCUT2D eigenvalue weighted by molar-refractivity contribution is 5.66. The fourth-order valence-electron chi connectivity index (χ4n) is 12.7. The molecule has 8 aliphatic carbocycles. The van der Waals surface area contributed by atoms with Crippen LogP contribution in [-0.4, -0.2) is 0 Å². The molecule has 0 aliphatic heterocycles. The van der Waals surface area contributed by atoms with Gasteiger partial charge in [-0.3, -0.25) is 0 Å². The summed E-state index contributed by atoms with van der Waals surface area (Å²) in [6.07, 6.45) is 14.1. The summed E-state index contributed by atoms with van der Waals surface area (Å²) in [5.74, 6) is 6.64. The zero-order valence-corrected chi connectivity index (χ0v) is 23.3. The van der Waals surface area contributed by atoms with Crippen molar-refractivity contribution in [1.82, 2.24) is 0 Å². The van der Waals surface area contributed by atoms with Crippen LogP contribution in [0.15, 0.2) is 78.9 Å². The van der Waals surface area contributed by atoms with Crippen molar-refractivity contribution in [3.8, 4) is 0 Å². The number of rotatable bonds is 4. The van der Waals surface area contributed by atoms with Crippen LogP contribution in [0.4, 0.5) is 5.69 Å². The Morgan fingerprint density at radius 3 is 1.08 bits per heavy atom. The molecular formula is C38H43N. The Labute approximate surface area is 234 Å². The van der Waals surface area contributed by atoms with Gasteiger partial charge in [0.05, 0.1) is 0 Å². The predicted octanol–water partition coefficient (Wildman–Crippen LogP) is 8.75. The molecule has 0 saturated heterocycles. The van der Waals surface area contributed by atoms with Gasteiger partial charge in [-0.15, -0.1) is 0 Å². The van der Waals surface area contributed by atoms with E-state index in [9.17, 15) is 0 Å². The molecule has 1 heteroatoms. The molecule has 0 unspecified atom stereocenters. The largest absolute Gasteiger partial charge is 0.398 e. The van der Waals surface area contributed by atoms with E-state index in [4.69, 9.17) is 5.73 Å². The topological polar surface area (TPSA) is 26.0 Å². The maximum atomic E-state index is 7.69. The number of hydrogen-bond donors (Lipinski definition) is 1. The molecule has 8 aliphatic rings.